The number of ether oxygens (including phenoxy) is 2. The smallest absolute Gasteiger partial charge is 0.134 e. The van der Waals surface area contributed by atoms with Gasteiger partial charge in [-0.2, -0.15) is 0 Å². The minimum Gasteiger partial charge on any atom is -0.493 e. The van der Waals surface area contributed by atoms with Crippen LogP contribution in [0.2, 0.25) is 0 Å². The Labute approximate surface area is 161 Å². The van der Waals surface area contributed by atoms with E-state index in [0.717, 1.165) is 28.2 Å². The summed E-state index contributed by atoms with van der Waals surface area (Å²) in [7, 11) is 0. The molecule has 0 saturated carbocycles. The number of hydrogen-bond donors (Lipinski definition) is 0. The van der Waals surface area contributed by atoms with Gasteiger partial charge in [0.1, 0.15) is 18.1 Å². The van der Waals surface area contributed by atoms with Gasteiger partial charge in [-0.25, -0.2) is 0 Å². The van der Waals surface area contributed by atoms with Crippen LogP contribution in [0.15, 0.2) is 72.8 Å². The summed E-state index contributed by atoms with van der Waals surface area (Å²) in [5.74, 6) is 2.16. The van der Waals surface area contributed by atoms with Crippen LogP contribution < -0.4 is 9.47 Å². The van der Waals surface area contributed by atoms with E-state index in [1.54, 1.807) is 0 Å². The molecule has 0 aliphatic carbocycles. The van der Waals surface area contributed by atoms with Crippen molar-refractivity contribution in [2.75, 3.05) is 6.61 Å². The summed E-state index contributed by atoms with van der Waals surface area (Å²) in [5.41, 5.74) is 4.51. The van der Waals surface area contributed by atoms with Crippen molar-refractivity contribution in [1.82, 2.24) is 0 Å². The molecule has 3 heteroatoms. The molecule has 0 aliphatic rings. The monoisotopic (exact) mass is 364 g/mol. The highest BCUT2D eigenvalue weighted by atomic mass is 16.5. The first-order valence-electron chi connectivity index (χ1n) is 9.22. The average molecular weight is 364 g/mol. The summed E-state index contributed by atoms with van der Waals surface area (Å²) in [6.45, 7) is 7.57. The van der Waals surface area contributed by atoms with Gasteiger partial charge in [0, 0.05) is 0 Å². The molecule has 0 heterocycles. The summed E-state index contributed by atoms with van der Waals surface area (Å²) >= 11 is 0. The maximum absolute atomic E-state index is 6.22. The van der Waals surface area contributed by atoms with Gasteiger partial charge in [-0.05, 0) is 35.6 Å². The molecule has 3 aromatic carbocycles. The lowest BCUT2D eigenvalue weighted by Crippen LogP contribution is -2.04. The Morgan fingerprint density at radius 2 is 1.41 bits per heavy atom. The molecule has 0 radical (unpaired) electrons. The van der Waals surface area contributed by atoms with Gasteiger partial charge in [0.2, 0.25) is 0 Å². The largest absolute Gasteiger partial charge is 0.493 e. The average Bonchev–Trinajstić information content (AvgIpc) is 2.68. The van der Waals surface area contributed by atoms with Gasteiger partial charge in [0.25, 0.3) is 0 Å². The van der Waals surface area contributed by atoms with E-state index in [2.05, 4.69) is 50.2 Å². The number of rotatable bonds is 7. The Bertz CT molecular complexity index is 827. The summed E-state index contributed by atoms with van der Waals surface area (Å²) in [6, 6.07) is 24.8. The predicted octanol–water partition coefficient (Wildman–Crippen LogP) is 5.63. The molecule has 3 nitrogen and oxygen atoms in total. The molecule has 142 valence electrons. The molecule has 3 aromatic rings. The second kappa shape index (κ2) is 9.79. The van der Waals surface area contributed by atoms with Crippen molar-refractivity contribution in [3.63, 3.8) is 0 Å². The van der Waals surface area contributed by atoms with Crippen molar-refractivity contribution in [3.8, 4) is 22.6 Å². The van der Waals surface area contributed by atoms with Crippen LogP contribution in [0.1, 0.15) is 37.8 Å². The maximum atomic E-state index is 6.22. The first-order chi connectivity index (χ1) is 12.7. The zero-order valence-electron chi connectivity index (χ0n) is 16.2. The zero-order chi connectivity index (χ0) is 18.4. The van der Waals surface area contributed by atoms with Crippen LogP contribution in [0, 0.1) is 0 Å². The molecule has 27 heavy (non-hydrogen) atoms. The molecule has 2 N–H and O–H groups in total. The van der Waals surface area contributed by atoms with E-state index in [1.165, 1.54) is 5.56 Å². The molecule has 0 unspecified atom stereocenters. The van der Waals surface area contributed by atoms with Crippen LogP contribution in [0.4, 0.5) is 0 Å². The summed E-state index contributed by atoms with van der Waals surface area (Å²) in [4.78, 5) is 0. The molecule has 0 atom stereocenters. The Hall–Kier alpha value is -2.78. The molecule has 0 fully saturated rings. The molecule has 0 aliphatic heterocycles. The van der Waals surface area contributed by atoms with Crippen LogP contribution in [0.25, 0.3) is 11.1 Å². The van der Waals surface area contributed by atoms with Crippen LogP contribution >= 0.6 is 0 Å². The molecule has 0 amide bonds. The third-order valence-electron chi connectivity index (χ3n) is 4.36. The summed E-state index contributed by atoms with van der Waals surface area (Å²) in [6.07, 6.45) is 0. The Kier molecular flexibility index (Phi) is 7.44. The van der Waals surface area contributed by atoms with Crippen molar-refractivity contribution >= 4 is 0 Å². The quantitative estimate of drug-likeness (QED) is 0.545. The molecular formula is C24H28O3. The second-order valence-electron chi connectivity index (χ2n) is 6.59. The van der Waals surface area contributed by atoms with Crippen LogP contribution in [0.3, 0.4) is 0 Å². The third kappa shape index (κ3) is 4.89. The van der Waals surface area contributed by atoms with Gasteiger partial charge >= 0.3 is 0 Å². The normalized spacial score (nSPS) is 10.4. The van der Waals surface area contributed by atoms with Crippen LogP contribution in [-0.4, -0.2) is 12.1 Å². The highest BCUT2D eigenvalue weighted by Gasteiger charge is 2.19. The fraction of sp³-hybridized carbons (Fsp3) is 0.250. The van der Waals surface area contributed by atoms with Gasteiger partial charge in [-0.15, -0.1) is 0 Å². The van der Waals surface area contributed by atoms with Gasteiger partial charge in [-0.1, -0.05) is 80.6 Å². The fourth-order valence-electron chi connectivity index (χ4n) is 3.07. The Morgan fingerprint density at radius 1 is 0.778 bits per heavy atom. The van der Waals surface area contributed by atoms with Gasteiger partial charge in [0.15, 0.2) is 0 Å². The van der Waals surface area contributed by atoms with E-state index in [4.69, 9.17) is 9.47 Å². The van der Waals surface area contributed by atoms with Crippen molar-refractivity contribution in [2.24, 2.45) is 0 Å². The topological polar surface area (TPSA) is 50.0 Å². The van der Waals surface area contributed by atoms with Crippen LogP contribution in [0.5, 0.6) is 11.5 Å². The fourth-order valence-corrected chi connectivity index (χ4v) is 3.07. The second-order valence-corrected chi connectivity index (χ2v) is 6.59. The van der Waals surface area contributed by atoms with E-state index in [0.29, 0.717) is 19.1 Å². The molecular weight excluding hydrogens is 336 g/mol. The highest BCUT2D eigenvalue weighted by Crippen LogP contribution is 2.43. The predicted molar refractivity (Wildman–Crippen MR) is 112 cm³/mol. The molecule has 0 saturated heterocycles. The standard InChI is InChI=1S/C24H26O2.H2O/c1-4-25-24-21(18(2)3)15-16-22(23(24)20-13-9-6-10-14-20)26-17-19-11-7-5-8-12-19;/h5-16,18H,4,17H2,1-3H3;1H2. The lowest BCUT2D eigenvalue weighted by molar-refractivity contribution is 0.300. The van der Waals surface area contributed by atoms with Gasteiger partial charge in [-0.3, -0.25) is 0 Å². The minimum absolute atomic E-state index is 0. The van der Waals surface area contributed by atoms with E-state index in [9.17, 15) is 0 Å². The summed E-state index contributed by atoms with van der Waals surface area (Å²) < 4.78 is 12.3. The first kappa shape index (κ1) is 20.5. The Morgan fingerprint density at radius 3 is 2.00 bits per heavy atom. The lowest BCUT2D eigenvalue weighted by Gasteiger charge is -2.21. The molecule has 0 aromatic heterocycles. The van der Waals surface area contributed by atoms with E-state index in [1.807, 2.05) is 43.3 Å². The van der Waals surface area contributed by atoms with Crippen molar-refractivity contribution in [1.29, 1.82) is 0 Å². The lowest BCUT2D eigenvalue weighted by atomic mass is 9.94. The maximum Gasteiger partial charge on any atom is 0.134 e. The van der Waals surface area contributed by atoms with E-state index in [-0.39, 0.29) is 5.48 Å². The number of benzene rings is 3. The SMILES string of the molecule is CCOc1c(C(C)C)ccc(OCc2ccccc2)c1-c1ccccc1.O. The molecule has 3 rings (SSSR count). The Balaban J connectivity index is 0.00000261. The van der Waals surface area contributed by atoms with Crippen molar-refractivity contribution in [3.05, 3.63) is 83.9 Å². The zero-order valence-corrected chi connectivity index (χ0v) is 16.2. The van der Waals surface area contributed by atoms with Crippen LogP contribution in [-0.2, 0) is 6.61 Å². The molecule has 0 spiro atoms. The first-order valence-corrected chi connectivity index (χ1v) is 9.22. The number of hydrogen-bond acceptors (Lipinski definition) is 2. The minimum atomic E-state index is 0. The van der Waals surface area contributed by atoms with Gasteiger partial charge in [0.05, 0.1) is 12.2 Å². The third-order valence-corrected chi connectivity index (χ3v) is 4.36. The highest BCUT2D eigenvalue weighted by molar-refractivity contribution is 5.78. The van der Waals surface area contributed by atoms with E-state index >= 15 is 0 Å². The molecule has 0 bridgehead atoms. The van der Waals surface area contributed by atoms with E-state index < -0.39 is 0 Å². The van der Waals surface area contributed by atoms with Crippen molar-refractivity contribution < 1.29 is 14.9 Å². The van der Waals surface area contributed by atoms with Gasteiger partial charge < -0.3 is 14.9 Å². The summed E-state index contributed by atoms with van der Waals surface area (Å²) in [5, 5.41) is 0. The van der Waals surface area contributed by atoms with Crippen molar-refractivity contribution in [2.45, 2.75) is 33.3 Å².